The van der Waals surface area contributed by atoms with Crippen LogP contribution in [0.5, 0.6) is 0 Å². The molecule has 1 fully saturated rings. The van der Waals surface area contributed by atoms with E-state index in [0.29, 0.717) is 0 Å². The summed E-state index contributed by atoms with van der Waals surface area (Å²) in [5, 5.41) is 7.05. The van der Waals surface area contributed by atoms with E-state index in [2.05, 4.69) is 15.8 Å². The molecule has 3 nitrogen and oxygen atoms in total. The summed E-state index contributed by atoms with van der Waals surface area (Å²) in [4.78, 5) is 0. The van der Waals surface area contributed by atoms with Gasteiger partial charge in [0, 0.05) is 18.7 Å². The highest BCUT2D eigenvalue weighted by Crippen LogP contribution is 2.06. The topological polar surface area (TPSA) is 38.5 Å². The van der Waals surface area contributed by atoms with E-state index in [4.69, 9.17) is 0 Å². The molecule has 8 heavy (non-hydrogen) atoms. The van der Waals surface area contributed by atoms with Crippen LogP contribution in [0.1, 0.15) is 0 Å². The first-order chi connectivity index (χ1) is 3.97. The average Bonchev–Trinajstić information content (AvgIpc) is 2.15. The third-order valence-electron chi connectivity index (χ3n) is 1.37. The maximum absolute atomic E-state index is 3.88. The first kappa shape index (κ1) is 4.09. The molecule has 2 heterocycles. The van der Waals surface area contributed by atoms with Crippen molar-refractivity contribution in [2.24, 2.45) is 5.10 Å². The molecule has 0 unspecified atom stereocenters. The first-order valence-corrected chi connectivity index (χ1v) is 2.63. The second-order valence-electron chi connectivity index (χ2n) is 1.92. The average molecular weight is 108 g/mol. The van der Waals surface area contributed by atoms with Crippen LogP contribution in [0.2, 0.25) is 0 Å². The molecule has 1 saturated heterocycles. The fourth-order valence-corrected chi connectivity index (χ4v) is 0.919. The molecule has 0 aromatic carbocycles. The Hall–Kier alpha value is -0.830. The fraction of sp³-hybridized carbons (Fsp3) is 0.400. The van der Waals surface area contributed by atoms with Gasteiger partial charge in [-0.25, -0.2) is 0 Å². The first-order valence-electron chi connectivity index (χ1n) is 2.63. The van der Waals surface area contributed by atoms with Gasteiger partial charge in [-0.15, -0.1) is 0 Å². The zero-order valence-electron chi connectivity index (χ0n) is 4.39. The van der Waals surface area contributed by atoms with Crippen LogP contribution in [0.3, 0.4) is 0 Å². The van der Waals surface area contributed by atoms with E-state index in [0.717, 1.165) is 18.8 Å². The molecule has 0 amide bonds. The lowest BCUT2D eigenvalue weighted by atomic mass is 10.2. The van der Waals surface area contributed by atoms with Gasteiger partial charge in [0.15, 0.2) is 0 Å². The third-order valence-corrected chi connectivity index (χ3v) is 1.37. The van der Waals surface area contributed by atoms with Gasteiger partial charge in [0.1, 0.15) is 0 Å². The molecule has 2 rings (SSSR count). The molecule has 0 aliphatic carbocycles. The molecule has 2 aliphatic rings. The monoisotopic (exact) mass is 108 g/mol. The van der Waals surface area contributed by atoms with Crippen LogP contribution in [0.25, 0.3) is 0 Å². The van der Waals surface area contributed by atoms with Crippen molar-refractivity contribution in [2.45, 2.75) is 0 Å². The van der Waals surface area contributed by atoms with Crippen molar-refractivity contribution in [3.8, 4) is 0 Å². The number of rotatable bonds is 0. The van der Waals surface area contributed by atoms with Gasteiger partial charge < -0.3 is 5.32 Å². The van der Waals surface area contributed by atoms with Crippen LogP contribution < -0.4 is 10.7 Å². The van der Waals surface area contributed by atoms with Crippen LogP contribution >= 0.6 is 0 Å². The summed E-state index contributed by atoms with van der Waals surface area (Å²) in [7, 11) is 0. The third kappa shape index (κ3) is 0.391. The molecule has 1 N–H and O–H groups in total. The van der Waals surface area contributed by atoms with Crippen molar-refractivity contribution in [3.05, 3.63) is 11.8 Å². The van der Waals surface area contributed by atoms with E-state index in [-0.39, 0.29) is 0 Å². The Balaban J connectivity index is 2.37. The molecular weight excluding hydrogens is 102 g/mol. The van der Waals surface area contributed by atoms with E-state index >= 15 is 0 Å². The summed E-state index contributed by atoms with van der Waals surface area (Å²) in [6, 6.07) is 0. The Morgan fingerprint density at radius 3 is 3.38 bits per heavy atom. The Kier molecular flexibility index (Phi) is 0.676. The summed E-state index contributed by atoms with van der Waals surface area (Å²) in [5.41, 5.74) is 6.12. The van der Waals surface area contributed by atoms with E-state index in [9.17, 15) is 0 Å². The van der Waals surface area contributed by atoms with Crippen molar-refractivity contribution >= 4 is 5.71 Å². The van der Waals surface area contributed by atoms with Crippen molar-refractivity contribution in [1.82, 2.24) is 10.7 Å². The maximum Gasteiger partial charge on any atom is 0.0829 e. The van der Waals surface area contributed by atoms with E-state index in [1.165, 1.54) is 5.57 Å². The van der Waals surface area contributed by atoms with Gasteiger partial charge in [-0.2, -0.15) is 10.5 Å². The second-order valence-corrected chi connectivity index (χ2v) is 1.92. The largest absolute Gasteiger partial charge is 0.307 e. The smallest absolute Gasteiger partial charge is 0.0829 e. The van der Waals surface area contributed by atoms with Crippen molar-refractivity contribution in [2.75, 3.05) is 13.1 Å². The van der Waals surface area contributed by atoms with Crippen LogP contribution in [0, 0.1) is 0 Å². The Bertz CT molecular complexity index is 151. The van der Waals surface area contributed by atoms with Gasteiger partial charge in [0.2, 0.25) is 0 Å². The molecule has 0 aromatic rings. The summed E-state index contributed by atoms with van der Waals surface area (Å²) < 4.78 is 0. The molecule has 0 atom stereocenters. The zero-order valence-corrected chi connectivity index (χ0v) is 4.39. The van der Waals surface area contributed by atoms with Gasteiger partial charge in [0.25, 0.3) is 0 Å². The highest BCUT2D eigenvalue weighted by Gasteiger charge is 2.17. The molecule has 2 aliphatic heterocycles. The summed E-state index contributed by atoms with van der Waals surface area (Å²) >= 11 is 0. The number of fused-ring (bicyclic) bond motifs is 1. The van der Waals surface area contributed by atoms with E-state index in [1.54, 1.807) is 0 Å². The Labute approximate surface area is 47.5 Å². The minimum absolute atomic E-state index is 0.898. The highest BCUT2D eigenvalue weighted by molar-refractivity contribution is 6.04. The number of nitrogens with one attached hydrogen (secondary N) is 1. The molecule has 41 valence electrons. The summed E-state index contributed by atoms with van der Waals surface area (Å²) in [5.74, 6) is 0. The Morgan fingerprint density at radius 2 is 2.50 bits per heavy atom. The molecule has 0 saturated carbocycles. The minimum Gasteiger partial charge on any atom is -0.307 e. The summed E-state index contributed by atoms with van der Waals surface area (Å²) in [6.07, 6.45) is 1.81. The fourth-order valence-electron chi connectivity index (χ4n) is 0.919. The lowest BCUT2D eigenvalue weighted by molar-refractivity contribution is 0.874. The SMILES string of the molecule is C1=C2CNCC2=N[N]1. The predicted molar refractivity (Wildman–Crippen MR) is 30.5 cm³/mol. The van der Waals surface area contributed by atoms with E-state index < -0.39 is 0 Å². The normalized spacial score (nSPS) is 24.0. The van der Waals surface area contributed by atoms with Crippen molar-refractivity contribution in [1.29, 1.82) is 0 Å². The quantitative estimate of drug-likeness (QED) is 0.444. The molecule has 0 bridgehead atoms. The van der Waals surface area contributed by atoms with Gasteiger partial charge in [-0.05, 0) is 0 Å². The molecule has 1 radical (unpaired) electrons. The van der Waals surface area contributed by atoms with Crippen LogP contribution in [-0.4, -0.2) is 18.8 Å². The van der Waals surface area contributed by atoms with Crippen molar-refractivity contribution < 1.29 is 0 Å². The molecule has 0 spiro atoms. The Morgan fingerprint density at radius 1 is 1.50 bits per heavy atom. The standard InChI is InChI=1S/C5H6N3/c1-4-2-7-8-5(4)3-6-1/h2,6H,1,3H2. The van der Waals surface area contributed by atoms with Crippen LogP contribution in [0.15, 0.2) is 16.9 Å². The van der Waals surface area contributed by atoms with Crippen LogP contribution in [0.4, 0.5) is 0 Å². The molecule has 0 aromatic heterocycles. The minimum atomic E-state index is 0.898. The number of hydrogen-bond donors (Lipinski definition) is 1. The highest BCUT2D eigenvalue weighted by atomic mass is 15.3. The van der Waals surface area contributed by atoms with Crippen LogP contribution in [-0.2, 0) is 0 Å². The van der Waals surface area contributed by atoms with Gasteiger partial charge in [-0.1, -0.05) is 0 Å². The lowest BCUT2D eigenvalue weighted by Gasteiger charge is -1.81. The zero-order chi connectivity index (χ0) is 5.40. The van der Waals surface area contributed by atoms with Gasteiger partial charge in [-0.3, -0.25) is 0 Å². The maximum atomic E-state index is 3.88. The van der Waals surface area contributed by atoms with Gasteiger partial charge >= 0.3 is 0 Å². The van der Waals surface area contributed by atoms with Gasteiger partial charge in [0.05, 0.1) is 11.9 Å². The van der Waals surface area contributed by atoms with Crippen molar-refractivity contribution in [3.63, 3.8) is 0 Å². The van der Waals surface area contributed by atoms with E-state index in [1.807, 2.05) is 6.20 Å². The summed E-state index contributed by atoms with van der Waals surface area (Å²) in [6.45, 7) is 1.84. The second kappa shape index (κ2) is 1.32. The predicted octanol–water partition coefficient (Wildman–Crippen LogP) is -0.552. The number of hydrogen-bond acceptors (Lipinski definition) is 2. The lowest BCUT2D eigenvalue weighted by Crippen LogP contribution is -2.08. The molecule has 3 heteroatoms. The number of nitrogens with zero attached hydrogens (tertiary/aromatic N) is 2. The molecular formula is C5H6N3.